The lowest BCUT2D eigenvalue weighted by atomic mass is 10.1. The topological polar surface area (TPSA) is 68.2 Å². The highest BCUT2D eigenvalue weighted by molar-refractivity contribution is 8.00. The highest BCUT2D eigenvalue weighted by atomic mass is 32.2. The van der Waals surface area contributed by atoms with Gasteiger partial charge in [-0.05, 0) is 67.2 Å². The van der Waals surface area contributed by atoms with Gasteiger partial charge in [-0.1, -0.05) is 26.0 Å². The maximum absolute atomic E-state index is 15.9. The summed E-state index contributed by atoms with van der Waals surface area (Å²) in [6.45, 7) is 10.4. The number of aromatic nitrogens is 1. The van der Waals surface area contributed by atoms with Gasteiger partial charge in [0.05, 0.1) is 37.5 Å². The molecule has 5 rings (SSSR count). The van der Waals surface area contributed by atoms with Gasteiger partial charge in [-0.15, -0.1) is 11.3 Å². The fourth-order valence-corrected chi connectivity index (χ4v) is 6.91. The SMILES string of the molecule is C=N/C(=C\C=N/CNc1ccc(N2CCN(CCF)CC2)c(F)c1)c1sc(C(C)C)nc1-c1cccc(NSc2c(F)cccc2F)c1F. The normalized spacial score (nSPS) is 14.2. The second kappa shape index (κ2) is 16.9. The molecule has 14 heteroatoms. The van der Waals surface area contributed by atoms with Crippen LogP contribution in [0.25, 0.3) is 17.0 Å². The van der Waals surface area contributed by atoms with E-state index in [9.17, 15) is 17.6 Å². The average Bonchev–Trinajstić information content (AvgIpc) is 3.53. The number of rotatable bonds is 14. The van der Waals surface area contributed by atoms with Crippen molar-refractivity contribution >= 4 is 59.0 Å². The zero-order chi connectivity index (χ0) is 34.9. The third-order valence-electron chi connectivity index (χ3n) is 7.75. The van der Waals surface area contributed by atoms with Crippen molar-refractivity contribution in [3.63, 3.8) is 0 Å². The van der Waals surface area contributed by atoms with E-state index in [1.165, 1.54) is 35.8 Å². The Morgan fingerprint density at radius 2 is 1.76 bits per heavy atom. The zero-order valence-corrected chi connectivity index (χ0v) is 28.7. The van der Waals surface area contributed by atoms with Crippen molar-refractivity contribution in [2.45, 2.75) is 24.7 Å². The molecule has 1 fully saturated rings. The number of halogens is 5. The van der Waals surface area contributed by atoms with Gasteiger partial charge in [0, 0.05) is 56.1 Å². The van der Waals surface area contributed by atoms with E-state index >= 15 is 4.39 Å². The number of piperazine rings is 1. The van der Waals surface area contributed by atoms with Crippen molar-refractivity contribution in [3.8, 4) is 11.3 Å². The Balaban J connectivity index is 1.28. The predicted molar refractivity (Wildman–Crippen MR) is 193 cm³/mol. The van der Waals surface area contributed by atoms with E-state index in [-0.39, 0.29) is 41.2 Å². The minimum absolute atomic E-state index is 0.0283. The molecule has 0 aliphatic carbocycles. The van der Waals surface area contributed by atoms with Crippen LogP contribution in [-0.2, 0) is 0 Å². The first-order chi connectivity index (χ1) is 23.7. The number of hydrogen-bond donors (Lipinski definition) is 2. The minimum Gasteiger partial charge on any atom is -0.367 e. The molecule has 0 atom stereocenters. The van der Waals surface area contributed by atoms with E-state index in [1.54, 1.807) is 30.3 Å². The molecule has 0 unspecified atom stereocenters. The first kappa shape index (κ1) is 36.0. The molecule has 1 aliphatic rings. The van der Waals surface area contributed by atoms with Gasteiger partial charge in [-0.25, -0.2) is 26.9 Å². The summed E-state index contributed by atoms with van der Waals surface area (Å²) >= 11 is 1.99. The molecule has 0 spiro atoms. The summed E-state index contributed by atoms with van der Waals surface area (Å²) in [5.74, 6) is -2.48. The van der Waals surface area contributed by atoms with Crippen LogP contribution in [0.2, 0.25) is 0 Å². The van der Waals surface area contributed by atoms with Crippen LogP contribution in [0.1, 0.15) is 29.7 Å². The van der Waals surface area contributed by atoms with E-state index in [0.29, 0.717) is 72.3 Å². The molecule has 1 aliphatic heterocycles. The van der Waals surface area contributed by atoms with E-state index in [4.69, 9.17) is 4.98 Å². The molecule has 1 aromatic heterocycles. The van der Waals surface area contributed by atoms with Gasteiger partial charge in [0.25, 0.3) is 0 Å². The lowest BCUT2D eigenvalue weighted by Crippen LogP contribution is -2.47. The standard InChI is InChI=1S/C35H36F5N7S2/c1-22(2)35-44-32(24-6-4-9-28(31(24)40)45-49-33-25(37)7-5-8-26(33)38)34(48-35)29(41-3)12-14-42-21-43-23-10-11-30(27(39)20-23)47-18-16-46(15-13-36)17-19-47/h4-12,14,20,22,43,45H,3,13,15-19,21H2,1-2H3/b29-12-,42-14-. The van der Waals surface area contributed by atoms with Crippen molar-refractivity contribution in [3.05, 3.63) is 93.8 Å². The molecule has 2 N–H and O–H groups in total. The van der Waals surface area contributed by atoms with Gasteiger partial charge in [-0.3, -0.25) is 14.9 Å². The quantitative estimate of drug-likeness (QED) is 0.0774. The molecule has 7 nitrogen and oxygen atoms in total. The van der Waals surface area contributed by atoms with Gasteiger partial charge in [0.15, 0.2) is 5.82 Å². The molecule has 0 radical (unpaired) electrons. The fraction of sp³-hybridized carbons (Fsp3) is 0.286. The van der Waals surface area contributed by atoms with Gasteiger partial charge < -0.3 is 14.9 Å². The third kappa shape index (κ3) is 8.86. The maximum atomic E-state index is 15.9. The Morgan fingerprint density at radius 1 is 1.02 bits per heavy atom. The number of thiazole rings is 1. The molecular weight excluding hydrogens is 678 g/mol. The number of anilines is 3. The smallest absolute Gasteiger partial charge is 0.156 e. The molecule has 1 saturated heterocycles. The van der Waals surface area contributed by atoms with Crippen LogP contribution in [0.15, 0.2) is 75.6 Å². The summed E-state index contributed by atoms with van der Waals surface area (Å²) < 4.78 is 74.5. The van der Waals surface area contributed by atoms with Crippen LogP contribution < -0.4 is 14.9 Å². The predicted octanol–water partition coefficient (Wildman–Crippen LogP) is 8.88. The van der Waals surface area contributed by atoms with E-state index in [2.05, 4.69) is 26.7 Å². The first-order valence-corrected chi connectivity index (χ1v) is 17.2. The summed E-state index contributed by atoms with van der Waals surface area (Å²) in [7, 11) is 0. The zero-order valence-electron chi connectivity index (χ0n) is 27.0. The lowest BCUT2D eigenvalue weighted by Gasteiger charge is -2.35. The molecule has 0 bridgehead atoms. The number of aliphatic imine (C=N–C) groups is 2. The van der Waals surface area contributed by atoms with Crippen LogP contribution in [0.4, 0.5) is 39.0 Å². The summed E-state index contributed by atoms with van der Waals surface area (Å²) in [6, 6.07) is 13.1. The summed E-state index contributed by atoms with van der Waals surface area (Å²) in [4.78, 5) is 17.5. The van der Waals surface area contributed by atoms with Gasteiger partial charge >= 0.3 is 0 Å². The number of benzene rings is 3. The number of allylic oxidation sites excluding steroid dienone is 1. The largest absolute Gasteiger partial charge is 0.367 e. The number of hydrogen-bond acceptors (Lipinski definition) is 9. The van der Waals surface area contributed by atoms with Gasteiger partial charge in [0.2, 0.25) is 0 Å². The second-order valence-corrected chi connectivity index (χ2v) is 13.2. The summed E-state index contributed by atoms with van der Waals surface area (Å²) in [6.07, 6.45) is 3.17. The maximum Gasteiger partial charge on any atom is 0.156 e. The van der Waals surface area contributed by atoms with Crippen molar-refractivity contribution in [2.75, 3.05) is 61.0 Å². The Kier molecular flexibility index (Phi) is 12.4. The molecule has 2 heterocycles. The van der Waals surface area contributed by atoms with Crippen LogP contribution in [0.3, 0.4) is 0 Å². The van der Waals surface area contributed by atoms with Crippen LogP contribution >= 0.6 is 23.3 Å². The van der Waals surface area contributed by atoms with Crippen molar-refractivity contribution in [1.82, 2.24) is 9.88 Å². The van der Waals surface area contributed by atoms with Gasteiger partial charge in [0.1, 0.15) is 30.8 Å². The Morgan fingerprint density at radius 3 is 2.43 bits per heavy atom. The van der Waals surface area contributed by atoms with E-state index < -0.39 is 17.5 Å². The molecule has 0 amide bonds. The van der Waals surface area contributed by atoms with E-state index in [1.807, 2.05) is 23.6 Å². The monoisotopic (exact) mass is 713 g/mol. The van der Waals surface area contributed by atoms with Crippen molar-refractivity contribution in [2.24, 2.45) is 9.98 Å². The van der Waals surface area contributed by atoms with Crippen LogP contribution in [0, 0.1) is 23.3 Å². The Labute approximate surface area is 290 Å². The number of alkyl halides is 1. The molecule has 4 aromatic rings. The fourth-order valence-electron chi connectivity index (χ4n) is 5.14. The lowest BCUT2D eigenvalue weighted by molar-refractivity contribution is 0.235. The molecule has 49 heavy (non-hydrogen) atoms. The van der Waals surface area contributed by atoms with E-state index in [0.717, 1.165) is 17.1 Å². The average molecular weight is 714 g/mol. The number of nitrogens with one attached hydrogen (secondary N) is 2. The third-order valence-corrected chi connectivity index (χ3v) is 10.0. The first-order valence-electron chi connectivity index (χ1n) is 15.6. The Hall–Kier alpha value is -4.27. The molecule has 0 saturated carbocycles. The second-order valence-electron chi connectivity index (χ2n) is 11.4. The summed E-state index contributed by atoms with van der Waals surface area (Å²) in [5, 5.41) is 3.83. The van der Waals surface area contributed by atoms with Crippen LogP contribution in [-0.4, -0.2) is 68.9 Å². The van der Waals surface area contributed by atoms with Gasteiger partial charge in [-0.2, -0.15) is 0 Å². The molecular formula is C35H36F5N7S2. The van der Waals surface area contributed by atoms with Crippen molar-refractivity contribution < 1.29 is 22.0 Å². The Bertz CT molecular complexity index is 1800. The number of nitrogens with zero attached hydrogens (tertiary/aromatic N) is 5. The van der Waals surface area contributed by atoms with Crippen LogP contribution in [0.5, 0.6) is 0 Å². The molecule has 3 aromatic carbocycles. The van der Waals surface area contributed by atoms with Crippen molar-refractivity contribution in [1.29, 1.82) is 0 Å². The highest BCUT2D eigenvalue weighted by Gasteiger charge is 2.23. The highest BCUT2D eigenvalue weighted by Crippen LogP contribution is 2.40. The minimum atomic E-state index is -0.761. The molecule has 258 valence electrons. The summed E-state index contributed by atoms with van der Waals surface area (Å²) in [5.41, 5.74) is 2.05.